The molecule has 0 saturated carbocycles. The topological polar surface area (TPSA) is 210 Å². The average Bonchev–Trinajstić information content (AvgIpc) is 3.20. The first-order valence-electron chi connectivity index (χ1n) is 23.1. The van der Waals surface area contributed by atoms with Crippen LogP contribution in [0.5, 0.6) is 23.0 Å². The summed E-state index contributed by atoms with van der Waals surface area (Å²) in [5, 5.41) is 5.56. The van der Waals surface area contributed by atoms with Crippen LogP contribution in [0.3, 0.4) is 0 Å². The Morgan fingerprint density at radius 1 is 0.662 bits per heavy atom. The number of Topliss-reactive ketones (excluding diaryl/α,β-unsaturated/α-hetero) is 1. The van der Waals surface area contributed by atoms with Crippen molar-refractivity contribution < 1.29 is 55.0 Å². The highest BCUT2D eigenvalue weighted by Gasteiger charge is 2.38. The van der Waals surface area contributed by atoms with E-state index >= 15 is 0 Å². The van der Waals surface area contributed by atoms with E-state index in [-0.39, 0.29) is 38.5 Å². The van der Waals surface area contributed by atoms with Gasteiger partial charge in [-0.2, -0.15) is 0 Å². The van der Waals surface area contributed by atoms with E-state index in [4.69, 9.17) is 30.5 Å². The summed E-state index contributed by atoms with van der Waals surface area (Å²) in [6.45, 7) is 17.7. The van der Waals surface area contributed by atoms with Gasteiger partial charge in [0.25, 0.3) is 11.8 Å². The molecule has 0 radical (unpaired) electrons. The number of unbranched alkanes of at least 4 members (excludes halogenated alkanes) is 9. The Kier molecular flexibility index (Phi) is 21.2. The lowest BCUT2D eigenvalue weighted by molar-refractivity contribution is -0.140. The van der Waals surface area contributed by atoms with E-state index in [0.29, 0.717) is 29.9 Å². The third kappa shape index (κ3) is 18.9. The molecule has 0 aliphatic carbocycles. The number of esters is 1. The van der Waals surface area contributed by atoms with Crippen LogP contribution in [0.4, 0.5) is 17.1 Å². The van der Waals surface area contributed by atoms with Crippen LogP contribution < -0.4 is 34.3 Å². The molecule has 0 bridgehead atoms. The lowest BCUT2D eigenvalue weighted by Crippen LogP contribution is -2.45. The van der Waals surface area contributed by atoms with Crippen LogP contribution in [0.15, 0.2) is 53.4 Å². The van der Waals surface area contributed by atoms with E-state index in [1.165, 1.54) is 51.2 Å². The summed E-state index contributed by atoms with van der Waals surface area (Å²) in [5.74, 6) is -2.06. The highest BCUT2D eigenvalue weighted by molar-refractivity contribution is 7.92. The Morgan fingerprint density at radius 3 is 1.76 bits per heavy atom. The predicted octanol–water partition coefficient (Wildman–Crippen LogP) is 10.8. The van der Waals surface area contributed by atoms with Crippen molar-refractivity contribution in [2.45, 2.75) is 168 Å². The summed E-state index contributed by atoms with van der Waals surface area (Å²) < 4.78 is 75.5. The highest BCUT2D eigenvalue weighted by Crippen LogP contribution is 2.38. The first-order valence-corrected chi connectivity index (χ1v) is 27.3. The molecule has 378 valence electrons. The lowest BCUT2D eigenvalue weighted by Gasteiger charge is -2.26. The predicted molar refractivity (Wildman–Crippen MR) is 269 cm³/mol. The second kappa shape index (κ2) is 25.1. The minimum atomic E-state index is -3.99. The van der Waals surface area contributed by atoms with Gasteiger partial charge in [-0.3, -0.25) is 23.9 Å². The van der Waals surface area contributed by atoms with Crippen molar-refractivity contribution in [3.05, 3.63) is 59.1 Å². The Morgan fingerprint density at radius 2 is 1.24 bits per heavy atom. The van der Waals surface area contributed by atoms with Crippen LogP contribution in [0.2, 0.25) is 5.02 Å². The first-order chi connectivity index (χ1) is 31.5. The molecule has 18 heteroatoms. The molecule has 0 aromatic heterocycles. The molecule has 3 rings (SSSR count). The molecule has 3 N–H and O–H groups in total. The molecular formula is C50H72ClN3O12S2. The molecule has 0 saturated heterocycles. The number of amides is 2. The van der Waals surface area contributed by atoms with Gasteiger partial charge in [-0.05, 0) is 74.6 Å². The number of hydrogen-bond donors (Lipinski definition) is 3. The summed E-state index contributed by atoms with van der Waals surface area (Å²) in [6, 6.07) is 11.2. The zero-order valence-corrected chi connectivity index (χ0v) is 44.1. The molecule has 3 aromatic rings. The monoisotopic (exact) mass is 1010 g/mol. The largest absolute Gasteiger partial charge is 0.489 e. The number of nitrogens with one attached hydrogen (secondary N) is 3. The van der Waals surface area contributed by atoms with Crippen LogP contribution >= 0.6 is 11.6 Å². The van der Waals surface area contributed by atoms with Gasteiger partial charge in [-0.15, -0.1) is 0 Å². The molecule has 2 unspecified atom stereocenters. The van der Waals surface area contributed by atoms with Gasteiger partial charge in [0, 0.05) is 30.2 Å². The number of ether oxygens (including phenoxy) is 4. The molecule has 2 amide bonds. The molecular weight excluding hydrogens is 934 g/mol. The number of hydrogen-bond acceptors (Lipinski definition) is 12. The third-order valence-electron chi connectivity index (χ3n) is 10.5. The second-order valence-electron chi connectivity index (χ2n) is 19.5. The standard InChI is InChI=1S/C50H72ClN3O12S2/c1-13-14-15-16-17-18-19-20-21-22-23-43(65-34-24-26-41(64-33(4)55)36(28-34)49(5,6)7)47(57)52-38-31-44(63-32(2)3)39(30-37(38)51)53-48(58)45(46(56)50(8,9)10)66-42-27-25-35(67(11,59)60)29-40(42)54-68(12,61)62/h24-32,43,45,54H,13-23H2,1-12H3,(H,52,57)(H,53,58). The summed E-state index contributed by atoms with van der Waals surface area (Å²) in [5.41, 5.74) is -1.04. The lowest BCUT2D eigenvalue weighted by atomic mass is 9.86. The van der Waals surface area contributed by atoms with Crippen LogP contribution in [0, 0.1) is 5.41 Å². The van der Waals surface area contributed by atoms with Gasteiger partial charge < -0.3 is 29.6 Å². The van der Waals surface area contributed by atoms with Crippen molar-refractivity contribution in [1.29, 1.82) is 0 Å². The fraction of sp³-hybridized carbons (Fsp3) is 0.560. The van der Waals surface area contributed by atoms with Crippen LogP contribution in [0.1, 0.15) is 145 Å². The molecule has 0 fully saturated rings. The summed E-state index contributed by atoms with van der Waals surface area (Å²) in [6.07, 6.45) is 9.89. The van der Waals surface area contributed by atoms with Crippen molar-refractivity contribution in [2.24, 2.45) is 5.41 Å². The Balaban J connectivity index is 1.99. The normalized spacial score (nSPS) is 13.0. The van der Waals surface area contributed by atoms with Crippen molar-refractivity contribution in [3.8, 4) is 23.0 Å². The fourth-order valence-electron chi connectivity index (χ4n) is 7.02. The van der Waals surface area contributed by atoms with E-state index < -0.39 is 72.6 Å². The minimum Gasteiger partial charge on any atom is -0.489 e. The molecule has 0 aliphatic heterocycles. The van der Waals surface area contributed by atoms with Gasteiger partial charge >= 0.3 is 5.97 Å². The van der Waals surface area contributed by atoms with Gasteiger partial charge in [0.1, 0.15) is 23.0 Å². The first kappa shape index (κ1) is 57.4. The van der Waals surface area contributed by atoms with Crippen LogP contribution in [-0.4, -0.2) is 71.2 Å². The van der Waals surface area contributed by atoms with Gasteiger partial charge in [0.2, 0.25) is 16.1 Å². The SMILES string of the molecule is CCCCCCCCCCCCC(Oc1ccc(OC(C)=O)c(C(C)(C)C)c1)C(=O)Nc1cc(OC(C)C)c(NC(=O)C(Oc2ccc(S(C)(=O)=O)cc2NS(C)(=O)=O)C(=O)C(C)(C)C)cc1Cl. The Bertz CT molecular complexity index is 2460. The minimum absolute atomic E-state index is 0.00110. The van der Waals surface area contributed by atoms with E-state index in [2.05, 4.69) is 22.3 Å². The van der Waals surface area contributed by atoms with Gasteiger partial charge in [-0.1, -0.05) is 118 Å². The average molecular weight is 1010 g/mol. The molecule has 0 spiro atoms. The Labute approximate surface area is 409 Å². The second-order valence-corrected chi connectivity index (χ2v) is 23.6. The zero-order valence-electron chi connectivity index (χ0n) is 41.7. The fourth-order valence-corrected chi connectivity index (χ4v) is 8.43. The number of ketones is 1. The van der Waals surface area contributed by atoms with E-state index in [1.807, 2.05) is 20.8 Å². The summed E-state index contributed by atoms with van der Waals surface area (Å²) >= 11 is 6.84. The van der Waals surface area contributed by atoms with Crippen molar-refractivity contribution in [1.82, 2.24) is 0 Å². The number of sulfone groups is 1. The van der Waals surface area contributed by atoms with Crippen LogP contribution in [-0.2, 0) is 44.5 Å². The third-order valence-corrected chi connectivity index (χ3v) is 12.5. The van der Waals surface area contributed by atoms with Crippen molar-refractivity contribution in [3.63, 3.8) is 0 Å². The quantitative estimate of drug-likeness (QED) is 0.0297. The molecule has 68 heavy (non-hydrogen) atoms. The number of anilines is 3. The summed E-state index contributed by atoms with van der Waals surface area (Å²) in [7, 11) is -7.80. The number of benzene rings is 3. The number of sulfonamides is 1. The highest BCUT2D eigenvalue weighted by atomic mass is 35.5. The van der Waals surface area contributed by atoms with Crippen molar-refractivity contribution in [2.75, 3.05) is 27.9 Å². The number of halogens is 1. The maximum Gasteiger partial charge on any atom is 0.308 e. The zero-order chi connectivity index (χ0) is 51.2. The Hall–Kier alpha value is -4.87. The maximum absolute atomic E-state index is 14.3. The van der Waals surface area contributed by atoms with Gasteiger partial charge in [0.15, 0.2) is 21.7 Å². The molecule has 15 nitrogen and oxygen atoms in total. The van der Waals surface area contributed by atoms with E-state index in [0.717, 1.165) is 56.4 Å². The van der Waals surface area contributed by atoms with Gasteiger partial charge in [0.05, 0.1) is 39.3 Å². The number of carbonyl (C=O) groups excluding carboxylic acids is 4. The number of rotatable bonds is 26. The summed E-state index contributed by atoms with van der Waals surface area (Å²) in [4.78, 5) is 54.0. The van der Waals surface area contributed by atoms with Gasteiger partial charge in [-0.25, -0.2) is 16.8 Å². The van der Waals surface area contributed by atoms with Crippen LogP contribution in [0.25, 0.3) is 0 Å². The molecule has 0 heterocycles. The maximum atomic E-state index is 14.3. The smallest absolute Gasteiger partial charge is 0.308 e. The van der Waals surface area contributed by atoms with E-state index in [1.54, 1.807) is 52.8 Å². The molecule has 3 aromatic carbocycles. The van der Waals surface area contributed by atoms with E-state index in [9.17, 15) is 36.0 Å². The molecule has 2 atom stereocenters. The number of carbonyl (C=O) groups is 4. The molecule has 0 aliphatic rings. The van der Waals surface area contributed by atoms with Crippen molar-refractivity contribution >= 4 is 72.1 Å².